The van der Waals surface area contributed by atoms with Gasteiger partial charge in [0.15, 0.2) is 16.0 Å². The largest absolute Gasteiger partial charge is 0.299 e. The Labute approximate surface area is 151 Å². The van der Waals surface area contributed by atoms with Gasteiger partial charge in [0.2, 0.25) is 21.1 Å². The van der Waals surface area contributed by atoms with E-state index in [1.807, 2.05) is 0 Å². The minimum Gasteiger partial charge on any atom is -0.299 e. The quantitative estimate of drug-likeness (QED) is 0.556. The number of hydrogen-bond acceptors (Lipinski definition) is 7. The molecule has 0 bridgehead atoms. The van der Waals surface area contributed by atoms with Crippen LogP contribution in [0.4, 0.5) is 13.9 Å². The van der Waals surface area contributed by atoms with E-state index in [0.717, 1.165) is 34.0 Å². The molecule has 12 heteroatoms. The fraction of sp³-hybridized carbons (Fsp3) is 0.308. The van der Waals surface area contributed by atoms with E-state index in [9.17, 15) is 22.0 Å². The van der Waals surface area contributed by atoms with Gasteiger partial charge in [0.25, 0.3) is 0 Å². The molecule has 0 fully saturated rings. The second kappa shape index (κ2) is 8.17. The number of sulfonamides is 1. The van der Waals surface area contributed by atoms with Crippen molar-refractivity contribution in [1.29, 1.82) is 0 Å². The molecule has 1 heterocycles. The highest BCUT2D eigenvalue weighted by molar-refractivity contribution is 8.00. The number of nitrogens with zero attached hydrogens (tertiary/aromatic N) is 3. The van der Waals surface area contributed by atoms with Crippen molar-refractivity contribution in [3.8, 4) is 0 Å². The normalized spacial score (nSPS) is 11.7. The van der Waals surface area contributed by atoms with Gasteiger partial charge in [-0.25, -0.2) is 17.2 Å². The molecule has 0 atom stereocenters. The molecule has 1 amide bonds. The molecule has 2 rings (SSSR count). The molecule has 1 N–H and O–H groups in total. The molecule has 0 unspecified atom stereocenters. The number of nitrogens with one attached hydrogen (secondary N) is 1. The van der Waals surface area contributed by atoms with Crippen LogP contribution in [-0.4, -0.2) is 48.7 Å². The molecule has 0 aliphatic carbocycles. The van der Waals surface area contributed by atoms with Crippen LogP contribution in [0.1, 0.15) is 5.56 Å². The zero-order valence-electron chi connectivity index (χ0n) is 13.2. The second-order valence-corrected chi connectivity index (χ2v) is 9.27. The van der Waals surface area contributed by atoms with Gasteiger partial charge in [-0.3, -0.25) is 10.1 Å². The van der Waals surface area contributed by atoms with Gasteiger partial charge in [-0.15, -0.1) is 10.2 Å². The number of thioether (sulfide) groups is 1. The number of carbonyl (C=O) groups is 1. The summed E-state index contributed by atoms with van der Waals surface area (Å²) in [6.07, 6.45) is 0.998. The van der Waals surface area contributed by atoms with Gasteiger partial charge in [0, 0.05) is 12.8 Å². The van der Waals surface area contributed by atoms with E-state index in [4.69, 9.17) is 0 Å². The summed E-state index contributed by atoms with van der Waals surface area (Å²) in [4.78, 5) is 11.8. The van der Waals surface area contributed by atoms with Crippen LogP contribution in [0.3, 0.4) is 0 Å². The maximum absolute atomic E-state index is 13.1. The highest BCUT2D eigenvalue weighted by Crippen LogP contribution is 2.28. The van der Waals surface area contributed by atoms with Crippen LogP contribution >= 0.6 is 23.1 Å². The summed E-state index contributed by atoms with van der Waals surface area (Å²) in [5.74, 6) is -2.01. The van der Waals surface area contributed by atoms with E-state index in [1.165, 1.54) is 24.9 Å². The SMILES string of the molecule is CN(CC(=O)Nc1nnc(SCc2ccc(F)c(F)c2)s1)S(C)(=O)=O. The molecule has 25 heavy (non-hydrogen) atoms. The lowest BCUT2D eigenvalue weighted by molar-refractivity contribution is -0.116. The predicted octanol–water partition coefficient (Wildman–Crippen LogP) is 1.94. The summed E-state index contributed by atoms with van der Waals surface area (Å²) in [5, 5.41) is 10.3. The number of aromatic nitrogens is 2. The van der Waals surface area contributed by atoms with Gasteiger partial charge in [0.1, 0.15) is 0 Å². The average Bonchev–Trinajstić information content (AvgIpc) is 2.94. The van der Waals surface area contributed by atoms with Crippen LogP contribution in [0.15, 0.2) is 22.5 Å². The molecule has 2 aromatic rings. The maximum Gasteiger partial charge on any atom is 0.241 e. The van der Waals surface area contributed by atoms with Gasteiger partial charge < -0.3 is 0 Å². The molecule has 0 saturated heterocycles. The summed E-state index contributed by atoms with van der Waals surface area (Å²) >= 11 is 2.35. The van der Waals surface area contributed by atoms with E-state index in [2.05, 4.69) is 15.5 Å². The maximum atomic E-state index is 13.1. The molecule has 1 aromatic heterocycles. The third-order valence-electron chi connectivity index (χ3n) is 2.93. The van der Waals surface area contributed by atoms with Crippen molar-refractivity contribution in [2.75, 3.05) is 25.2 Å². The van der Waals surface area contributed by atoms with Gasteiger partial charge in [-0.2, -0.15) is 4.31 Å². The van der Waals surface area contributed by atoms with E-state index >= 15 is 0 Å². The summed E-state index contributed by atoms with van der Waals surface area (Å²) in [5.41, 5.74) is 0.583. The third kappa shape index (κ3) is 5.99. The topological polar surface area (TPSA) is 92.3 Å². The number of benzene rings is 1. The minimum atomic E-state index is -3.45. The number of carbonyl (C=O) groups excluding carboxylic acids is 1. The Balaban J connectivity index is 1.89. The summed E-state index contributed by atoms with van der Waals surface area (Å²) in [6.45, 7) is -0.338. The lowest BCUT2D eigenvalue weighted by Gasteiger charge is -2.12. The highest BCUT2D eigenvalue weighted by atomic mass is 32.2. The number of rotatable bonds is 7. The van der Waals surface area contributed by atoms with Gasteiger partial charge in [-0.05, 0) is 17.7 Å². The van der Waals surface area contributed by atoms with E-state index < -0.39 is 27.6 Å². The van der Waals surface area contributed by atoms with E-state index in [-0.39, 0.29) is 11.7 Å². The first-order valence-electron chi connectivity index (χ1n) is 6.76. The Hall–Kier alpha value is -1.63. The zero-order valence-corrected chi connectivity index (χ0v) is 15.6. The minimum absolute atomic E-state index is 0.222. The van der Waals surface area contributed by atoms with Crippen molar-refractivity contribution >= 4 is 44.2 Å². The van der Waals surface area contributed by atoms with Crippen LogP contribution in [0.2, 0.25) is 0 Å². The Morgan fingerprint density at radius 3 is 2.68 bits per heavy atom. The van der Waals surface area contributed by atoms with Gasteiger partial charge >= 0.3 is 0 Å². The molecule has 136 valence electrons. The molecular weight excluding hydrogens is 394 g/mol. The Morgan fingerprint density at radius 1 is 1.32 bits per heavy atom. The molecule has 1 aromatic carbocycles. The number of anilines is 1. The van der Waals surface area contributed by atoms with Crippen LogP contribution in [0.25, 0.3) is 0 Å². The molecule has 0 aliphatic heterocycles. The summed E-state index contributed by atoms with van der Waals surface area (Å²) in [7, 11) is -2.16. The van der Waals surface area contributed by atoms with Crippen molar-refractivity contribution in [3.05, 3.63) is 35.4 Å². The highest BCUT2D eigenvalue weighted by Gasteiger charge is 2.16. The fourth-order valence-electron chi connectivity index (χ4n) is 1.57. The third-order valence-corrected chi connectivity index (χ3v) is 6.24. The first kappa shape index (κ1) is 19.7. The lowest BCUT2D eigenvalue weighted by Crippen LogP contribution is -2.34. The van der Waals surface area contributed by atoms with Crippen molar-refractivity contribution in [3.63, 3.8) is 0 Å². The molecule has 0 saturated carbocycles. The van der Waals surface area contributed by atoms with Gasteiger partial charge in [0.05, 0.1) is 12.8 Å². The second-order valence-electron chi connectivity index (χ2n) is 4.98. The molecule has 0 spiro atoms. The molecular formula is C13H14F2N4O3S3. The first-order chi connectivity index (χ1) is 11.6. The average molecular weight is 408 g/mol. The lowest BCUT2D eigenvalue weighted by atomic mass is 10.2. The van der Waals surface area contributed by atoms with E-state index in [0.29, 0.717) is 15.7 Å². The number of amides is 1. The number of hydrogen-bond donors (Lipinski definition) is 1. The van der Waals surface area contributed by atoms with Crippen molar-refractivity contribution in [1.82, 2.24) is 14.5 Å². The van der Waals surface area contributed by atoms with Gasteiger partial charge in [-0.1, -0.05) is 29.2 Å². The first-order valence-corrected chi connectivity index (χ1v) is 10.4. The van der Waals surface area contributed by atoms with Crippen molar-refractivity contribution in [2.24, 2.45) is 0 Å². The summed E-state index contributed by atoms with van der Waals surface area (Å²) < 4.78 is 49.9. The monoisotopic (exact) mass is 408 g/mol. The molecule has 7 nitrogen and oxygen atoms in total. The Morgan fingerprint density at radius 2 is 2.04 bits per heavy atom. The number of halogens is 2. The van der Waals surface area contributed by atoms with Crippen molar-refractivity contribution < 1.29 is 22.0 Å². The Kier molecular flexibility index (Phi) is 6.43. The van der Waals surface area contributed by atoms with Crippen LogP contribution in [0.5, 0.6) is 0 Å². The number of likely N-dealkylation sites (N-methyl/N-ethyl adjacent to an activating group) is 1. The Bertz CT molecular complexity index is 873. The van der Waals surface area contributed by atoms with Crippen molar-refractivity contribution in [2.45, 2.75) is 10.1 Å². The van der Waals surface area contributed by atoms with Crippen LogP contribution in [0, 0.1) is 11.6 Å². The predicted molar refractivity (Wildman–Crippen MR) is 91.9 cm³/mol. The standard InChI is InChI=1S/C13H14F2N4O3S3/c1-19(25(2,21)22)6-11(20)16-12-17-18-13(24-12)23-7-8-3-4-9(14)10(15)5-8/h3-5H,6-7H2,1-2H3,(H,16,17,20). The molecule has 0 aliphatic rings. The van der Waals surface area contributed by atoms with Crippen LogP contribution < -0.4 is 5.32 Å². The fourth-order valence-corrected chi connectivity index (χ4v) is 3.63. The zero-order chi connectivity index (χ0) is 18.6. The summed E-state index contributed by atoms with van der Waals surface area (Å²) in [6, 6.07) is 3.62. The molecule has 0 radical (unpaired) electrons. The van der Waals surface area contributed by atoms with Crippen LogP contribution in [-0.2, 0) is 20.6 Å². The van der Waals surface area contributed by atoms with E-state index in [1.54, 1.807) is 0 Å². The smallest absolute Gasteiger partial charge is 0.241 e.